The first-order chi connectivity index (χ1) is 9.25. The highest BCUT2D eigenvalue weighted by Crippen LogP contribution is 2.22. The van der Waals surface area contributed by atoms with Gasteiger partial charge in [0.15, 0.2) is 0 Å². The fraction of sp³-hybridized carbons (Fsp3) is 0.938. The minimum atomic E-state index is -0.286. The average Bonchev–Trinajstić information content (AvgIpc) is 2.37. The first kappa shape index (κ1) is 17.4. The molecule has 1 amide bonds. The van der Waals surface area contributed by atoms with Crippen LogP contribution in [0.5, 0.6) is 0 Å². The van der Waals surface area contributed by atoms with Crippen LogP contribution in [0.25, 0.3) is 0 Å². The number of amides is 1. The zero-order valence-electron chi connectivity index (χ0n) is 14.0. The van der Waals surface area contributed by atoms with Gasteiger partial charge in [-0.25, -0.2) is 0 Å². The van der Waals surface area contributed by atoms with Crippen LogP contribution >= 0.6 is 0 Å². The molecule has 1 N–H and O–H groups in total. The summed E-state index contributed by atoms with van der Waals surface area (Å²) in [5.41, 5.74) is 0. The Kier molecular flexibility index (Phi) is 6.46. The van der Waals surface area contributed by atoms with Crippen LogP contribution < -0.4 is 0 Å². The molecule has 0 aromatic rings. The molecular weight excluding hydrogens is 252 g/mol. The predicted molar refractivity (Wildman–Crippen MR) is 82.6 cm³/mol. The van der Waals surface area contributed by atoms with Crippen molar-refractivity contribution in [3.8, 4) is 0 Å². The van der Waals surface area contributed by atoms with Crippen molar-refractivity contribution in [3.05, 3.63) is 0 Å². The molecule has 4 nitrogen and oxygen atoms in total. The molecule has 0 radical (unpaired) electrons. The minimum Gasteiger partial charge on any atom is -0.393 e. The molecule has 3 unspecified atom stereocenters. The van der Waals surface area contributed by atoms with Crippen molar-refractivity contribution in [1.29, 1.82) is 0 Å². The average molecular weight is 284 g/mol. The summed E-state index contributed by atoms with van der Waals surface area (Å²) in [6.45, 7) is 13.9. The first-order valence-electron chi connectivity index (χ1n) is 8.00. The van der Waals surface area contributed by atoms with Crippen LogP contribution in [0.15, 0.2) is 0 Å². The van der Waals surface area contributed by atoms with E-state index >= 15 is 0 Å². The van der Waals surface area contributed by atoms with E-state index in [1.165, 1.54) is 0 Å². The lowest BCUT2D eigenvalue weighted by atomic mass is 9.92. The van der Waals surface area contributed by atoms with Gasteiger partial charge in [-0.2, -0.15) is 0 Å². The molecule has 118 valence electrons. The monoisotopic (exact) mass is 284 g/mol. The van der Waals surface area contributed by atoms with Crippen molar-refractivity contribution in [2.45, 2.75) is 78.6 Å². The number of hydrogen-bond donors (Lipinski definition) is 1. The summed E-state index contributed by atoms with van der Waals surface area (Å²) in [5.74, 6) is 0.506. The SMILES string of the molecule is CC(O)C1CCCN(C(C)C(=O)N(C(C)C)C(C)C)C1. The summed E-state index contributed by atoms with van der Waals surface area (Å²) in [6, 6.07) is 0.353. The van der Waals surface area contributed by atoms with Crippen molar-refractivity contribution in [2.75, 3.05) is 13.1 Å². The van der Waals surface area contributed by atoms with Gasteiger partial charge in [0.05, 0.1) is 12.1 Å². The topological polar surface area (TPSA) is 43.8 Å². The quantitative estimate of drug-likeness (QED) is 0.841. The van der Waals surface area contributed by atoms with E-state index in [0.29, 0.717) is 5.92 Å². The smallest absolute Gasteiger partial charge is 0.240 e. The third-order valence-electron chi connectivity index (χ3n) is 4.44. The number of hydrogen-bond acceptors (Lipinski definition) is 3. The van der Waals surface area contributed by atoms with E-state index in [-0.39, 0.29) is 30.1 Å². The number of aliphatic hydroxyl groups is 1. The molecule has 0 aromatic carbocycles. The van der Waals surface area contributed by atoms with E-state index < -0.39 is 0 Å². The van der Waals surface area contributed by atoms with E-state index in [4.69, 9.17) is 0 Å². The molecule has 20 heavy (non-hydrogen) atoms. The van der Waals surface area contributed by atoms with Crippen molar-refractivity contribution in [2.24, 2.45) is 5.92 Å². The third kappa shape index (κ3) is 4.19. The lowest BCUT2D eigenvalue weighted by molar-refractivity contribution is -0.141. The molecule has 3 atom stereocenters. The second-order valence-corrected chi connectivity index (χ2v) is 6.75. The normalized spacial score (nSPS) is 23.9. The Morgan fingerprint density at radius 1 is 1.15 bits per heavy atom. The van der Waals surface area contributed by atoms with Gasteiger partial charge in [0.2, 0.25) is 5.91 Å². The number of nitrogens with zero attached hydrogens (tertiary/aromatic N) is 2. The van der Waals surface area contributed by atoms with Gasteiger partial charge in [0, 0.05) is 18.6 Å². The standard InChI is InChI=1S/C16H32N2O2/c1-11(2)18(12(3)4)16(20)13(5)17-9-7-8-15(10-17)14(6)19/h11-15,19H,7-10H2,1-6H3. The largest absolute Gasteiger partial charge is 0.393 e. The number of carbonyl (C=O) groups is 1. The number of likely N-dealkylation sites (tertiary alicyclic amines) is 1. The van der Waals surface area contributed by atoms with Gasteiger partial charge in [-0.15, -0.1) is 0 Å². The van der Waals surface area contributed by atoms with E-state index in [9.17, 15) is 9.90 Å². The van der Waals surface area contributed by atoms with Crippen LogP contribution in [-0.4, -0.2) is 58.1 Å². The highest BCUT2D eigenvalue weighted by molar-refractivity contribution is 5.82. The highest BCUT2D eigenvalue weighted by Gasteiger charge is 2.32. The molecule has 0 spiro atoms. The summed E-state index contributed by atoms with van der Waals surface area (Å²) in [5, 5.41) is 9.78. The Morgan fingerprint density at radius 3 is 2.15 bits per heavy atom. The molecule has 0 saturated carbocycles. The van der Waals surface area contributed by atoms with Gasteiger partial charge in [-0.3, -0.25) is 9.69 Å². The summed E-state index contributed by atoms with van der Waals surface area (Å²) >= 11 is 0. The molecule has 0 aromatic heterocycles. The molecular formula is C16H32N2O2. The van der Waals surface area contributed by atoms with Crippen LogP contribution in [0, 0.1) is 5.92 Å². The summed E-state index contributed by atoms with van der Waals surface area (Å²) in [6.07, 6.45) is 1.84. The van der Waals surface area contributed by atoms with Crippen LogP contribution in [-0.2, 0) is 4.79 Å². The Balaban J connectivity index is 2.72. The minimum absolute atomic E-state index is 0.0960. The van der Waals surface area contributed by atoms with Crippen molar-refractivity contribution in [3.63, 3.8) is 0 Å². The van der Waals surface area contributed by atoms with E-state index in [1.54, 1.807) is 0 Å². The van der Waals surface area contributed by atoms with E-state index in [1.807, 2.05) is 18.7 Å². The maximum absolute atomic E-state index is 12.7. The first-order valence-corrected chi connectivity index (χ1v) is 8.00. The fourth-order valence-electron chi connectivity index (χ4n) is 3.26. The van der Waals surface area contributed by atoms with E-state index in [0.717, 1.165) is 25.9 Å². The van der Waals surface area contributed by atoms with Gasteiger partial charge in [0.1, 0.15) is 0 Å². The fourth-order valence-corrected chi connectivity index (χ4v) is 3.26. The number of carbonyl (C=O) groups excluding carboxylic acids is 1. The Bertz CT molecular complexity index is 308. The van der Waals surface area contributed by atoms with Crippen LogP contribution in [0.3, 0.4) is 0 Å². The molecule has 1 aliphatic rings. The lowest BCUT2D eigenvalue weighted by Crippen LogP contribution is -2.54. The second kappa shape index (κ2) is 7.41. The Hall–Kier alpha value is -0.610. The zero-order chi connectivity index (χ0) is 15.4. The van der Waals surface area contributed by atoms with Gasteiger partial charge in [-0.1, -0.05) is 0 Å². The van der Waals surface area contributed by atoms with Crippen molar-refractivity contribution in [1.82, 2.24) is 9.80 Å². The molecule has 1 rings (SSSR count). The highest BCUT2D eigenvalue weighted by atomic mass is 16.3. The zero-order valence-corrected chi connectivity index (χ0v) is 14.0. The number of aliphatic hydroxyl groups excluding tert-OH is 1. The van der Waals surface area contributed by atoms with Crippen molar-refractivity contribution < 1.29 is 9.90 Å². The van der Waals surface area contributed by atoms with Crippen LogP contribution in [0.1, 0.15) is 54.4 Å². The van der Waals surface area contributed by atoms with Gasteiger partial charge in [0.25, 0.3) is 0 Å². The molecule has 0 bridgehead atoms. The number of rotatable bonds is 5. The third-order valence-corrected chi connectivity index (χ3v) is 4.44. The summed E-state index contributed by atoms with van der Waals surface area (Å²) in [7, 11) is 0. The molecule has 4 heteroatoms. The Labute approximate surface area is 124 Å². The lowest BCUT2D eigenvalue weighted by Gasteiger charge is -2.41. The predicted octanol–water partition coefficient (Wildman–Crippen LogP) is 2.11. The van der Waals surface area contributed by atoms with Crippen LogP contribution in [0.4, 0.5) is 0 Å². The maximum Gasteiger partial charge on any atom is 0.240 e. The van der Waals surface area contributed by atoms with Gasteiger partial charge < -0.3 is 10.0 Å². The van der Waals surface area contributed by atoms with Gasteiger partial charge in [-0.05, 0) is 66.8 Å². The summed E-state index contributed by atoms with van der Waals surface area (Å²) < 4.78 is 0. The van der Waals surface area contributed by atoms with Crippen molar-refractivity contribution >= 4 is 5.91 Å². The van der Waals surface area contributed by atoms with E-state index in [2.05, 4.69) is 32.6 Å². The summed E-state index contributed by atoms with van der Waals surface area (Å²) in [4.78, 5) is 16.9. The molecule has 0 aliphatic carbocycles. The second-order valence-electron chi connectivity index (χ2n) is 6.75. The molecule has 1 heterocycles. The van der Waals surface area contributed by atoms with Crippen LogP contribution in [0.2, 0.25) is 0 Å². The number of piperidine rings is 1. The molecule has 1 aliphatic heterocycles. The molecule has 1 fully saturated rings. The van der Waals surface area contributed by atoms with Gasteiger partial charge >= 0.3 is 0 Å². The maximum atomic E-state index is 12.7. The molecule has 1 saturated heterocycles. The Morgan fingerprint density at radius 2 is 1.70 bits per heavy atom.